The van der Waals surface area contributed by atoms with E-state index < -0.39 is 6.10 Å². The van der Waals surface area contributed by atoms with Crippen LogP contribution in [0, 0.1) is 6.92 Å². The number of nitrogens with two attached hydrogens (primary N) is 1. The molecule has 7 nitrogen and oxygen atoms in total. The molecule has 0 aromatic carbocycles. The SMILES string of the molecule is Cc1cc(=O)n(CC2CCC(C(=O)NN)O2)cn1. The number of ether oxygens (including phenoxy) is 1. The molecule has 1 amide bonds. The van der Waals surface area contributed by atoms with Gasteiger partial charge in [-0.2, -0.15) is 0 Å². The Kier molecular flexibility index (Phi) is 3.73. The van der Waals surface area contributed by atoms with E-state index >= 15 is 0 Å². The van der Waals surface area contributed by atoms with E-state index in [9.17, 15) is 9.59 Å². The molecule has 1 saturated heterocycles. The third-order valence-corrected chi connectivity index (χ3v) is 2.96. The number of aryl methyl sites for hydroxylation is 1. The van der Waals surface area contributed by atoms with Crippen LogP contribution in [0.1, 0.15) is 18.5 Å². The zero-order valence-electron chi connectivity index (χ0n) is 10.1. The van der Waals surface area contributed by atoms with Gasteiger partial charge < -0.3 is 4.74 Å². The lowest BCUT2D eigenvalue weighted by Gasteiger charge is -2.13. The van der Waals surface area contributed by atoms with Crippen LogP contribution in [0.2, 0.25) is 0 Å². The monoisotopic (exact) mass is 252 g/mol. The van der Waals surface area contributed by atoms with E-state index in [0.717, 1.165) is 6.42 Å². The molecule has 1 aliphatic rings. The lowest BCUT2D eigenvalue weighted by atomic mass is 10.2. The molecule has 2 heterocycles. The van der Waals surface area contributed by atoms with Gasteiger partial charge in [0.1, 0.15) is 6.10 Å². The molecule has 0 aliphatic carbocycles. The first-order chi connectivity index (χ1) is 8.60. The summed E-state index contributed by atoms with van der Waals surface area (Å²) in [5.74, 6) is 4.72. The average molecular weight is 252 g/mol. The molecule has 0 saturated carbocycles. The van der Waals surface area contributed by atoms with Crippen molar-refractivity contribution >= 4 is 5.91 Å². The lowest BCUT2D eigenvalue weighted by molar-refractivity contribution is -0.132. The van der Waals surface area contributed by atoms with Gasteiger partial charge in [-0.25, -0.2) is 10.8 Å². The topological polar surface area (TPSA) is 99.2 Å². The van der Waals surface area contributed by atoms with Crippen molar-refractivity contribution in [2.75, 3.05) is 0 Å². The molecule has 1 aromatic rings. The second kappa shape index (κ2) is 5.28. The van der Waals surface area contributed by atoms with Gasteiger partial charge in [-0.1, -0.05) is 0 Å². The normalized spacial score (nSPS) is 23.0. The van der Waals surface area contributed by atoms with Crippen LogP contribution in [0.3, 0.4) is 0 Å². The van der Waals surface area contributed by atoms with Crippen LogP contribution in [0.5, 0.6) is 0 Å². The van der Waals surface area contributed by atoms with Crippen molar-refractivity contribution in [3.63, 3.8) is 0 Å². The standard InChI is InChI=1S/C11H16N4O3/c1-7-4-10(16)15(6-13-7)5-8-2-3-9(18-8)11(17)14-12/h4,6,8-9H,2-3,5,12H2,1H3,(H,14,17). The second-order valence-electron chi connectivity index (χ2n) is 4.35. The summed E-state index contributed by atoms with van der Waals surface area (Å²) in [6.45, 7) is 2.17. The number of aromatic nitrogens is 2. The Balaban J connectivity index is 1.99. The summed E-state index contributed by atoms with van der Waals surface area (Å²) >= 11 is 0. The van der Waals surface area contributed by atoms with Crippen LogP contribution >= 0.6 is 0 Å². The van der Waals surface area contributed by atoms with Gasteiger partial charge in [-0.05, 0) is 19.8 Å². The average Bonchev–Trinajstić information content (AvgIpc) is 2.80. The molecule has 1 aliphatic heterocycles. The first-order valence-corrected chi connectivity index (χ1v) is 5.79. The molecule has 2 rings (SSSR count). The van der Waals surface area contributed by atoms with E-state index in [0.29, 0.717) is 18.7 Å². The van der Waals surface area contributed by atoms with E-state index in [2.05, 4.69) is 10.4 Å². The molecule has 3 N–H and O–H groups in total. The molecule has 2 atom stereocenters. The third kappa shape index (κ3) is 2.74. The Hall–Kier alpha value is -1.73. The smallest absolute Gasteiger partial charge is 0.263 e. The minimum absolute atomic E-state index is 0.113. The second-order valence-corrected chi connectivity index (χ2v) is 4.35. The van der Waals surface area contributed by atoms with E-state index in [1.54, 1.807) is 6.92 Å². The summed E-state index contributed by atoms with van der Waals surface area (Å²) in [4.78, 5) is 27.0. The zero-order valence-corrected chi connectivity index (χ0v) is 10.1. The van der Waals surface area contributed by atoms with Crippen LogP contribution in [-0.4, -0.2) is 27.7 Å². The van der Waals surface area contributed by atoms with Crippen molar-refractivity contribution in [1.82, 2.24) is 15.0 Å². The van der Waals surface area contributed by atoms with Gasteiger partial charge in [0.2, 0.25) is 0 Å². The predicted molar refractivity (Wildman–Crippen MR) is 63.5 cm³/mol. The van der Waals surface area contributed by atoms with E-state index in [4.69, 9.17) is 10.6 Å². The van der Waals surface area contributed by atoms with Crippen molar-refractivity contribution in [3.8, 4) is 0 Å². The molecular weight excluding hydrogens is 236 g/mol. The molecule has 1 aromatic heterocycles. The maximum atomic E-state index is 11.7. The third-order valence-electron chi connectivity index (χ3n) is 2.96. The van der Waals surface area contributed by atoms with Gasteiger partial charge >= 0.3 is 0 Å². The summed E-state index contributed by atoms with van der Waals surface area (Å²) in [5, 5.41) is 0. The molecule has 0 spiro atoms. The Morgan fingerprint density at radius 3 is 3.11 bits per heavy atom. The summed E-state index contributed by atoms with van der Waals surface area (Å²) < 4.78 is 7.01. The van der Waals surface area contributed by atoms with Crippen molar-refractivity contribution in [2.45, 2.75) is 38.5 Å². The highest BCUT2D eigenvalue weighted by Gasteiger charge is 2.30. The van der Waals surface area contributed by atoms with Crippen molar-refractivity contribution in [2.24, 2.45) is 5.84 Å². The summed E-state index contributed by atoms with van der Waals surface area (Å²) in [5.41, 5.74) is 2.64. The van der Waals surface area contributed by atoms with Crippen LogP contribution in [0.15, 0.2) is 17.2 Å². The molecule has 0 radical (unpaired) electrons. The number of carbonyl (C=O) groups is 1. The highest BCUT2D eigenvalue weighted by molar-refractivity contribution is 5.80. The Bertz CT molecular complexity index is 499. The molecular formula is C11H16N4O3. The number of hydrogen-bond acceptors (Lipinski definition) is 5. The molecule has 1 fully saturated rings. The fourth-order valence-electron chi connectivity index (χ4n) is 2.00. The van der Waals surface area contributed by atoms with Gasteiger partial charge in [-0.15, -0.1) is 0 Å². The maximum absolute atomic E-state index is 11.7. The summed E-state index contributed by atoms with van der Waals surface area (Å²) in [7, 11) is 0. The summed E-state index contributed by atoms with van der Waals surface area (Å²) in [6.07, 6.45) is 2.15. The number of amides is 1. The molecule has 18 heavy (non-hydrogen) atoms. The predicted octanol–water partition coefficient (Wildman–Crippen LogP) is -0.911. The van der Waals surface area contributed by atoms with Crippen LogP contribution in [-0.2, 0) is 16.1 Å². The highest BCUT2D eigenvalue weighted by Crippen LogP contribution is 2.20. The number of hydrazine groups is 1. The first kappa shape index (κ1) is 12.7. The highest BCUT2D eigenvalue weighted by atomic mass is 16.5. The van der Waals surface area contributed by atoms with E-state index in [-0.39, 0.29) is 17.6 Å². The Morgan fingerprint density at radius 1 is 1.67 bits per heavy atom. The van der Waals surface area contributed by atoms with E-state index in [1.807, 2.05) is 0 Å². The van der Waals surface area contributed by atoms with Crippen LogP contribution in [0.4, 0.5) is 0 Å². The number of nitrogens with one attached hydrogen (secondary N) is 1. The van der Waals surface area contributed by atoms with Crippen LogP contribution in [0.25, 0.3) is 0 Å². The number of hydrogen-bond donors (Lipinski definition) is 2. The number of rotatable bonds is 3. The first-order valence-electron chi connectivity index (χ1n) is 5.79. The largest absolute Gasteiger partial charge is 0.363 e. The molecule has 0 bridgehead atoms. The molecule has 98 valence electrons. The Labute approximate surface area is 104 Å². The fraction of sp³-hybridized carbons (Fsp3) is 0.545. The van der Waals surface area contributed by atoms with Crippen molar-refractivity contribution in [3.05, 3.63) is 28.4 Å². The van der Waals surface area contributed by atoms with Gasteiger partial charge in [0.25, 0.3) is 11.5 Å². The van der Waals surface area contributed by atoms with E-state index in [1.165, 1.54) is 17.0 Å². The quantitative estimate of drug-likeness (QED) is 0.412. The lowest BCUT2D eigenvalue weighted by Crippen LogP contribution is -2.39. The van der Waals surface area contributed by atoms with Gasteiger partial charge in [0.15, 0.2) is 0 Å². The van der Waals surface area contributed by atoms with Crippen LogP contribution < -0.4 is 16.8 Å². The van der Waals surface area contributed by atoms with Gasteiger partial charge in [0, 0.05) is 11.8 Å². The van der Waals surface area contributed by atoms with Gasteiger partial charge in [0.05, 0.1) is 19.0 Å². The van der Waals surface area contributed by atoms with Crippen molar-refractivity contribution < 1.29 is 9.53 Å². The minimum atomic E-state index is -0.519. The van der Waals surface area contributed by atoms with Crippen molar-refractivity contribution in [1.29, 1.82) is 0 Å². The maximum Gasteiger partial charge on any atom is 0.263 e. The fourth-order valence-corrected chi connectivity index (χ4v) is 2.00. The molecule has 2 unspecified atom stereocenters. The molecule has 7 heteroatoms. The number of carbonyl (C=O) groups excluding carboxylic acids is 1. The zero-order chi connectivity index (χ0) is 13.1. The minimum Gasteiger partial charge on any atom is -0.363 e. The summed E-state index contributed by atoms with van der Waals surface area (Å²) in [6, 6.07) is 1.47. The number of nitrogens with zero attached hydrogens (tertiary/aromatic N) is 2. The van der Waals surface area contributed by atoms with Gasteiger partial charge in [-0.3, -0.25) is 19.6 Å². The Morgan fingerprint density at radius 2 is 2.44 bits per heavy atom.